The van der Waals surface area contributed by atoms with E-state index < -0.39 is 5.91 Å². The van der Waals surface area contributed by atoms with E-state index in [4.69, 9.17) is 11.5 Å². The number of amides is 1. The number of aromatic nitrogens is 1. The molecule has 0 aliphatic rings. The van der Waals surface area contributed by atoms with Crippen molar-refractivity contribution >= 4 is 17.4 Å². The van der Waals surface area contributed by atoms with E-state index in [0.717, 1.165) is 25.9 Å². The van der Waals surface area contributed by atoms with E-state index in [-0.39, 0.29) is 5.69 Å². The zero-order chi connectivity index (χ0) is 14.4. The topological polar surface area (TPSA) is 85.2 Å². The zero-order valence-electron chi connectivity index (χ0n) is 12.0. The number of nitrogens with zero attached hydrogens (tertiary/aromatic N) is 2. The van der Waals surface area contributed by atoms with Crippen molar-refractivity contribution in [1.29, 1.82) is 0 Å². The Balaban J connectivity index is 3.03. The van der Waals surface area contributed by atoms with Crippen LogP contribution in [-0.2, 0) is 0 Å². The average Bonchev–Trinajstić information content (AvgIpc) is 2.41. The van der Waals surface area contributed by atoms with Gasteiger partial charge >= 0.3 is 0 Å². The van der Waals surface area contributed by atoms with Gasteiger partial charge in [-0.2, -0.15) is 0 Å². The molecule has 0 aliphatic heterocycles. The Kier molecular flexibility index (Phi) is 5.60. The predicted octanol–water partition coefficient (Wildman–Crippen LogP) is 2.03. The Morgan fingerprint density at radius 3 is 2.42 bits per heavy atom. The van der Waals surface area contributed by atoms with Crippen LogP contribution in [0, 0.1) is 5.92 Å². The van der Waals surface area contributed by atoms with Crippen molar-refractivity contribution in [3.05, 3.63) is 17.8 Å². The molecule has 0 spiro atoms. The van der Waals surface area contributed by atoms with Crippen molar-refractivity contribution in [1.82, 2.24) is 4.98 Å². The Labute approximate surface area is 115 Å². The number of pyridine rings is 1. The molecular weight excluding hydrogens is 240 g/mol. The predicted molar refractivity (Wildman–Crippen MR) is 79.1 cm³/mol. The fourth-order valence-electron chi connectivity index (χ4n) is 2.07. The summed E-state index contributed by atoms with van der Waals surface area (Å²) < 4.78 is 0. The number of carbonyl (C=O) groups is 1. The molecule has 0 aliphatic carbocycles. The molecular formula is C14H24N4O. The van der Waals surface area contributed by atoms with Crippen LogP contribution in [0.15, 0.2) is 12.1 Å². The standard InChI is InChI=1S/C14H24N4O/c1-4-10(5-2)9-18(6-3)14-11(15)7-8-12(17-14)13(16)19/h7-8,10H,4-6,9,15H2,1-3H3,(H2,16,19). The van der Waals surface area contributed by atoms with Crippen LogP contribution in [0.3, 0.4) is 0 Å². The quantitative estimate of drug-likeness (QED) is 0.789. The van der Waals surface area contributed by atoms with Crippen LogP contribution in [0.1, 0.15) is 44.1 Å². The Morgan fingerprint density at radius 1 is 1.32 bits per heavy atom. The number of hydrogen-bond donors (Lipinski definition) is 2. The number of carbonyl (C=O) groups excluding carboxylic acids is 1. The van der Waals surface area contributed by atoms with Gasteiger partial charge in [0.1, 0.15) is 5.69 Å². The van der Waals surface area contributed by atoms with Crippen molar-refractivity contribution in [3.8, 4) is 0 Å². The minimum atomic E-state index is -0.528. The van der Waals surface area contributed by atoms with Gasteiger partial charge in [0.25, 0.3) is 5.91 Å². The van der Waals surface area contributed by atoms with Gasteiger partial charge in [-0.05, 0) is 25.0 Å². The molecule has 0 radical (unpaired) electrons. The number of primary amides is 1. The van der Waals surface area contributed by atoms with Crippen LogP contribution in [-0.4, -0.2) is 24.0 Å². The number of hydrogen-bond acceptors (Lipinski definition) is 4. The minimum Gasteiger partial charge on any atom is -0.396 e. The Bertz CT molecular complexity index is 429. The highest BCUT2D eigenvalue weighted by Gasteiger charge is 2.16. The van der Waals surface area contributed by atoms with E-state index >= 15 is 0 Å². The molecule has 0 saturated carbocycles. The van der Waals surface area contributed by atoms with Crippen LogP contribution in [0.25, 0.3) is 0 Å². The molecule has 1 rings (SSSR count). The first-order valence-electron chi connectivity index (χ1n) is 6.84. The van der Waals surface area contributed by atoms with Crippen molar-refractivity contribution < 1.29 is 4.79 Å². The van der Waals surface area contributed by atoms with Crippen molar-refractivity contribution in [2.24, 2.45) is 11.7 Å². The third-order valence-corrected chi connectivity index (χ3v) is 3.47. The minimum absolute atomic E-state index is 0.257. The maximum Gasteiger partial charge on any atom is 0.267 e. The molecule has 0 unspecified atom stereocenters. The molecule has 4 N–H and O–H groups in total. The van der Waals surface area contributed by atoms with Crippen LogP contribution >= 0.6 is 0 Å². The first kappa shape index (κ1) is 15.3. The van der Waals surface area contributed by atoms with E-state index in [2.05, 4.69) is 30.7 Å². The van der Waals surface area contributed by atoms with Crippen molar-refractivity contribution in [3.63, 3.8) is 0 Å². The monoisotopic (exact) mass is 264 g/mol. The molecule has 5 heteroatoms. The number of rotatable bonds is 7. The van der Waals surface area contributed by atoms with Crippen LogP contribution in [0.2, 0.25) is 0 Å². The third kappa shape index (κ3) is 3.84. The summed E-state index contributed by atoms with van der Waals surface area (Å²) in [6.45, 7) is 8.11. The summed E-state index contributed by atoms with van der Waals surface area (Å²) in [6.07, 6.45) is 2.23. The molecule has 5 nitrogen and oxygen atoms in total. The largest absolute Gasteiger partial charge is 0.396 e. The number of nitrogen functional groups attached to an aromatic ring is 1. The van der Waals surface area contributed by atoms with E-state index in [1.807, 2.05) is 0 Å². The molecule has 19 heavy (non-hydrogen) atoms. The summed E-state index contributed by atoms with van der Waals surface area (Å²) in [5, 5.41) is 0. The molecule has 0 aromatic carbocycles. The highest BCUT2D eigenvalue weighted by atomic mass is 16.1. The molecule has 1 heterocycles. The summed E-state index contributed by atoms with van der Waals surface area (Å²) in [5.41, 5.74) is 12.1. The Hall–Kier alpha value is -1.78. The lowest BCUT2D eigenvalue weighted by molar-refractivity contribution is 0.0995. The highest BCUT2D eigenvalue weighted by molar-refractivity contribution is 5.91. The molecule has 1 aromatic heterocycles. The maximum atomic E-state index is 11.2. The number of anilines is 2. The van der Waals surface area contributed by atoms with E-state index in [0.29, 0.717) is 17.4 Å². The van der Waals surface area contributed by atoms with Gasteiger partial charge in [-0.1, -0.05) is 26.7 Å². The van der Waals surface area contributed by atoms with Gasteiger partial charge in [-0.25, -0.2) is 4.98 Å². The second-order valence-corrected chi connectivity index (χ2v) is 4.69. The summed E-state index contributed by atoms with van der Waals surface area (Å²) in [6, 6.07) is 3.25. The SMILES string of the molecule is CCC(CC)CN(CC)c1nc(C(N)=O)ccc1N. The molecule has 1 amide bonds. The van der Waals surface area contributed by atoms with Crippen LogP contribution in [0.4, 0.5) is 11.5 Å². The molecule has 0 saturated heterocycles. The summed E-state index contributed by atoms with van der Waals surface area (Å²) in [5.74, 6) is 0.726. The van der Waals surface area contributed by atoms with Gasteiger partial charge in [-0.15, -0.1) is 0 Å². The second kappa shape index (κ2) is 6.97. The highest BCUT2D eigenvalue weighted by Crippen LogP contribution is 2.23. The number of nitrogens with two attached hydrogens (primary N) is 2. The lowest BCUT2D eigenvalue weighted by atomic mass is 10.0. The molecule has 0 fully saturated rings. The lowest BCUT2D eigenvalue weighted by Crippen LogP contribution is -2.31. The summed E-state index contributed by atoms with van der Waals surface area (Å²) in [4.78, 5) is 17.6. The van der Waals surface area contributed by atoms with Gasteiger partial charge in [0, 0.05) is 13.1 Å². The van der Waals surface area contributed by atoms with Gasteiger partial charge in [0.15, 0.2) is 5.82 Å². The van der Waals surface area contributed by atoms with Crippen molar-refractivity contribution in [2.75, 3.05) is 23.7 Å². The molecule has 106 valence electrons. The third-order valence-electron chi connectivity index (χ3n) is 3.47. The molecule has 1 aromatic rings. The summed E-state index contributed by atoms with van der Waals surface area (Å²) in [7, 11) is 0. The first-order chi connectivity index (χ1) is 9.03. The first-order valence-corrected chi connectivity index (χ1v) is 6.84. The van der Waals surface area contributed by atoms with Gasteiger partial charge in [0.05, 0.1) is 5.69 Å². The van der Waals surface area contributed by atoms with E-state index in [1.165, 1.54) is 0 Å². The zero-order valence-corrected chi connectivity index (χ0v) is 12.0. The summed E-state index contributed by atoms with van der Waals surface area (Å²) >= 11 is 0. The fourth-order valence-corrected chi connectivity index (χ4v) is 2.07. The Morgan fingerprint density at radius 2 is 1.95 bits per heavy atom. The van der Waals surface area contributed by atoms with Crippen LogP contribution in [0.5, 0.6) is 0 Å². The maximum absolute atomic E-state index is 11.2. The fraction of sp³-hybridized carbons (Fsp3) is 0.571. The molecule has 0 bridgehead atoms. The van der Waals surface area contributed by atoms with Crippen molar-refractivity contribution in [2.45, 2.75) is 33.6 Å². The van der Waals surface area contributed by atoms with Gasteiger partial charge in [0.2, 0.25) is 0 Å². The second-order valence-electron chi connectivity index (χ2n) is 4.69. The van der Waals surface area contributed by atoms with Gasteiger partial charge in [-0.3, -0.25) is 4.79 Å². The molecule has 0 atom stereocenters. The smallest absolute Gasteiger partial charge is 0.267 e. The normalized spacial score (nSPS) is 10.7. The van der Waals surface area contributed by atoms with E-state index in [1.54, 1.807) is 12.1 Å². The van der Waals surface area contributed by atoms with Crippen LogP contribution < -0.4 is 16.4 Å². The van der Waals surface area contributed by atoms with E-state index in [9.17, 15) is 4.79 Å². The van der Waals surface area contributed by atoms with Gasteiger partial charge < -0.3 is 16.4 Å². The average molecular weight is 264 g/mol. The lowest BCUT2D eigenvalue weighted by Gasteiger charge is -2.27.